The van der Waals surface area contributed by atoms with Crippen molar-refractivity contribution in [3.8, 4) is 0 Å². The molecule has 0 aromatic heterocycles. The van der Waals surface area contributed by atoms with E-state index in [9.17, 15) is 9.90 Å². The van der Waals surface area contributed by atoms with E-state index >= 15 is 0 Å². The number of rotatable bonds is 1. The average molecular weight is 129 g/mol. The van der Waals surface area contributed by atoms with E-state index < -0.39 is 5.60 Å². The molecule has 0 amide bonds. The fourth-order valence-corrected chi connectivity index (χ4v) is 1.10. The number of ketones is 1. The van der Waals surface area contributed by atoms with Gasteiger partial charge in [0.1, 0.15) is 5.60 Å². The molecular weight excluding hydrogens is 118 g/mol. The molecule has 1 aliphatic carbocycles. The molecule has 52 valence electrons. The topological polar surface area (TPSA) is 63.3 Å². The number of carbonyl (C=O) groups is 1. The van der Waals surface area contributed by atoms with Crippen molar-refractivity contribution in [2.75, 3.05) is 0 Å². The van der Waals surface area contributed by atoms with Crippen molar-refractivity contribution in [2.24, 2.45) is 5.73 Å². The largest absolute Gasteiger partial charge is 0.382 e. The van der Waals surface area contributed by atoms with E-state index in [1.807, 2.05) is 0 Å². The summed E-state index contributed by atoms with van der Waals surface area (Å²) in [6.45, 7) is 1.39. The maximum Gasteiger partial charge on any atom is 0.161 e. The molecule has 0 saturated heterocycles. The maximum atomic E-state index is 10.6. The van der Waals surface area contributed by atoms with Gasteiger partial charge in [-0.05, 0) is 19.8 Å². The van der Waals surface area contributed by atoms with Gasteiger partial charge in [-0.1, -0.05) is 0 Å². The Morgan fingerprint density at radius 1 is 1.78 bits per heavy atom. The molecule has 1 rings (SSSR count). The van der Waals surface area contributed by atoms with Crippen LogP contribution in [-0.4, -0.2) is 22.5 Å². The number of aliphatic hydroxyl groups is 1. The van der Waals surface area contributed by atoms with Gasteiger partial charge >= 0.3 is 0 Å². The summed E-state index contributed by atoms with van der Waals surface area (Å²) in [4.78, 5) is 10.6. The highest BCUT2D eigenvalue weighted by atomic mass is 16.3. The van der Waals surface area contributed by atoms with E-state index in [1.165, 1.54) is 6.92 Å². The molecule has 0 aromatic carbocycles. The van der Waals surface area contributed by atoms with Crippen molar-refractivity contribution in [1.29, 1.82) is 0 Å². The first kappa shape index (κ1) is 6.71. The lowest BCUT2D eigenvalue weighted by atomic mass is 9.74. The summed E-state index contributed by atoms with van der Waals surface area (Å²) in [6, 6.07) is 0.0268. The van der Waals surface area contributed by atoms with Gasteiger partial charge in [0.15, 0.2) is 5.78 Å². The smallest absolute Gasteiger partial charge is 0.161 e. The lowest BCUT2D eigenvalue weighted by Crippen LogP contribution is -2.55. The number of nitrogens with two attached hydrogens (primary N) is 1. The molecular formula is C6H11NO2. The summed E-state index contributed by atoms with van der Waals surface area (Å²) in [5.74, 6) is -0.163. The van der Waals surface area contributed by atoms with Crippen LogP contribution in [0.5, 0.6) is 0 Å². The van der Waals surface area contributed by atoms with Gasteiger partial charge in [-0.15, -0.1) is 0 Å². The molecule has 0 heterocycles. The third-order valence-corrected chi connectivity index (χ3v) is 1.86. The molecule has 0 aromatic rings. The van der Waals surface area contributed by atoms with Gasteiger partial charge in [-0.3, -0.25) is 4.79 Å². The molecule has 1 saturated carbocycles. The van der Waals surface area contributed by atoms with Gasteiger partial charge in [0.25, 0.3) is 0 Å². The third-order valence-electron chi connectivity index (χ3n) is 1.86. The molecule has 0 unspecified atom stereocenters. The quantitative estimate of drug-likeness (QED) is 0.498. The zero-order valence-corrected chi connectivity index (χ0v) is 5.42. The van der Waals surface area contributed by atoms with Crippen LogP contribution in [0.1, 0.15) is 19.8 Å². The number of hydrogen-bond acceptors (Lipinski definition) is 3. The molecule has 0 aliphatic heterocycles. The van der Waals surface area contributed by atoms with Crippen molar-refractivity contribution in [3.05, 3.63) is 0 Å². The van der Waals surface area contributed by atoms with E-state index in [-0.39, 0.29) is 11.8 Å². The molecule has 3 heteroatoms. The second kappa shape index (κ2) is 1.78. The summed E-state index contributed by atoms with van der Waals surface area (Å²) in [5, 5.41) is 9.23. The van der Waals surface area contributed by atoms with E-state index in [2.05, 4.69) is 0 Å². The molecule has 0 atom stereocenters. The van der Waals surface area contributed by atoms with Crippen LogP contribution in [0.2, 0.25) is 0 Å². The summed E-state index contributed by atoms with van der Waals surface area (Å²) in [6.07, 6.45) is 0.866. The zero-order valence-electron chi connectivity index (χ0n) is 5.42. The molecule has 0 bridgehead atoms. The molecule has 1 aliphatic rings. The first-order valence-corrected chi connectivity index (χ1v) is 3.03. The predicted octanol–water partition coefficient (Wildman–Crippen LogP) is -0.572. The van der Waals surface area contributed by atoms with Crippen LogP contribution >= 0.6 is 0 Å². The summed E-state index contributed by atoms with van der Waals surface area (Å²) >= 11 is 0. The maximum absolute atomic E-state index is 10.6. The Morgan fingerprint density at radius 2 is 2.22 bits per heavy atom. The minimum atomic E-state index is -1.07. The second-order valence-corrected chi connectivity index (χ2v) is 2.76. The lowest BCUT2D eigenvalue weighted by molar-refractivity contribution is -0.145. The van der Waals surface area contributed by atoms with Crippen LogP contribution in [0.4, 0.5) is 0 Å². The highest BCUT2D eigenvalue weighted by Gasteiger charge is 2.44. The highest BCUT2D eigenvalue weighted by molar-refractivity contribution is 5.85. The molecule has 3 nitrogen and oxygen atoms in total. The Hall–Kier alpha value is -0.410. The van der Waals surface area contributed by atoms with E-state index in [1.54, 1.807) is 0 Å². The van der Waals surface area contributed by atoms with Crippen molar-refractivity contribution < 1.29 is 9.90 Å². The van der Waals surface area contributed by atoms with E-state index in [4.69, 9.17) is 5.73 Å². The van der Waals surface area contributed by atoms with Gasteiger partial charge < -0.3 is 10.8 Å². The van der Waals surface area contributed by atoms with Gasteiger partial charge in [0, 0.05) is 6.04 Å². The number of Topliss-reactive ketones (excluding diaryl/α,β-unsaturated/α-hetero) is 1. The van der Waals surface area contributed by atoms with Gasteiger partial charge in [0.05, 0.1) is 0 Å². The Balaban J connectivity index is 2.50. The van der Waals surface area contributed by atoms with Crippen LogP contribution in [0.25, 0.3) is 0 Å². The standard InChI is InChI=1S/C6H11NO2/c1-4(8)6(9)2-5(7)3-6/h5,9H,2-3,7H2,1H3/t5-,6-. The second-order valence-electron chi connectivity index (χ2n) is 2.76. The van der Waals surface area contributed by atoms with Crippen LogP contribution in [0.15, 0.2) is 0 Å². The first-order chi connectivity index (χ1) is 4.04. The first-order valence-electron chi connectivity index (χ1n) is 3.03. The van der Waals surface area contributed by atoms with Gasteiger partial charge in [-0.2, -0.15) is 0 Å². The molecule has 0 spiro atoms. The minimum Gasteiger partial charge on any atom is -0.382 e. The van der Waals surface area contributed by atoms with Crippen LogP contribution in [0.3, 0.4) is 0 Å². The normalized spacial score (nSPS) is 41.9. The monoisotopic (exact) mass is 129 g/mol. The van der Waals surface area contributed by atoms with E-state index in [0.29, 0.717) is 12.8 Å². The minimum absolute atomic E-state index is 0.0268. The van der Waals surface area contributed by atoms with Crippen LogP contribution in [-0.2, 0) is 4.79 Å². The van der Waals surface area contributed by atoms with Crippen molar-refractivity contribution in [2.45, 2.75) is 31.4 Å². The van der Waals surface area contributed by atoms with Crippen LogP contribution < -0.4 is 5.73 Å². The molecule has 9 heavy (non-hydrogen) atoms. The molecule has 1 fully saturated rings. The summed E-state index contributed by atoms with van der Waals surface area (Å²) in [7, 11) is 0. The van der Waals surface area contributed by atoms with Crippen LogP contribution in [0, 0.1) is 0 Å². The summed E-state index contributed by atoms with van der Waals surface area (Å²) < 4.78 is 0. The predicted molar refractivity (Wildman–Crippen MR) is 32.8 cm³/mol. The SMILES string of the molecule is CC(=O)[C@]1(O)C[C@H](N)C1. The Morgan fingerprint density at radius 3 is 2.33 bits per heavy atom. The molecule has 3 N–H and O–H groups in total. The number of carbonyl (C=O) groups excluding carboxylic acids is 1. The Bertz CT molecular complexity index is 138. The van der Waals surface area contributed by atoms with Gasteiger partial charge in [-0.25, -0.2) is 0 Å². The Kier molecular flexibility index (Phi) is 1.33. The fourth-order valence-electron chi connectivity index (χ4n) is 1.10. The highest BCUT2D eigenvalue weighted by Crippen LogP contribution is 2.31. The zero-order chi connectivity index (χ0) is 7.07. The Labute approximate surface area is 53.9 Å². The number of hydrogen-bond donors (Lipinski definition) is 2. The fraction of sp³-hybridized carbons (Fsp3) is 0.833. The third kappa shape index (κ3) is 0.976. The lowest BCUT2D eigenvalue weighted by Gasteiger charge is -2.39. The molecule has 0 radical (unpaired) electrons. The van der Waals surface area contributed by atoms with Crippen molar-refractivity contribution >= 4 is 5.78 Å². The van der Waals surface area contributed by atoms with E-state index in [0.717, 1.165) is 0 Å². The average Bonchev–Trinajstić information content (AvgIpc) is 1.62. The van der Waals surface area contributed by atoms with Crippen molar-refractivity contribution in [3.63, 3.8) is 0 Å². The summed E-state index contributed by atoms with van der Waals surface area (Å²) in [5.41, 5.74) is 4.31. The van der Waals surface area contributed by atoms with Gasteiger partial charge in [0.2, 0.25) is 0 Å². The van der Waals surface area contributed by atoms with Crippen molar-refractivity contribution in [1.82, 2.24) is 0 Å².